The fourth-order valence-electron chi connectivity index (χ4n) is 4.45. The van der Waals surface area contributed by atoms with Crippen LogP contribution in [0.5, 0.6) is 5.75 Å². The Balaban J connectivity index is 1.95. The van der Waals surface area contributed by atoms with E-state index in [9.17, 15) is 10.2 Å². The minimum absolute atomic E-state index is 0.116. The standard InChI is InChI=1S/C17H22N2O2/c1-17-11(10-20)3-2-7-19(17)8-6-13-14-9-12(21)4-5-15(14)18-16(13)17/h4-5,9,11,18,20-21H,2-3,6-8,10H2,1H3. The number of aliphatic hydroxyl groups excluding tert-OH is 1. The lowest BCUT2D eigenvalue weighted by Gasteiger charge is -2.52. The highest BCUT2D eigenvalue weighted by Gasteiger charge is 2.47. The van der Waals surface area contributed by atoms with Crippen molar-refractivity contribution in [3.8, 4) is 5.75 Å². The number of phenolic OH excluding ortho intramolecular Hbond substituents is 1. The van der Waals surface area contributed by atoms with Gasteiger partial charge in [-0.1, -0.05) is 0 Å². The molecule has 2 atom stereocenters. The normalized spacial score (nSPS) is 29.3. The molecule has 4 nitrogen and oxygen atoms in total. The third-order valence-electron chi connectivity index (χ3n) is 5.68. The first kappa shape index (κ1) is 13.2. The molecule has 0 aliphatic carbocycles. The quantitative estimate of drug-likeness (QED) is 0.754. The molecule has 0 spiro atoms. The zero-order valence-electron chi connectivity index (χ0n) is 12.4. The molecule has 0 saturated carbocycles. The Hall–Kier alpha value is -1.52. The van der Waals surface area contributed by atoms with Crippen LogP contribution in [-0.2, 0) is 12.0 Å². The van der Waals surface area contributed by atoms with E-state index in [1.54, 1.807) is 6.07 Å². The van der Waals surface area contributed by atoms with Crippen LogP contribution in [0.1, 0.15) is 31.0 Å². The number of fused-ring (bicyclic) bond motifs is 5. The molecule has 4 rings (SSSR count). The zero-order chi connectivity index (χ0) is 14.6. The second-order valence-corrected chi connectivity index (χ2v) is 6.61. The zero-order valence-corrected chi connectivity index (χ0v) is 12.4. The first-order valence-corrected chi connectivity index (χ1v) is 7.84. The number of aliphatic hydroxyl groups is 1. The molecule has 1 aromatic heterocycles. The van der Waals surface area contributed by atoms with Gasteiger partial charge in [-0.2, -0.15) is 0 Å². The molecule has 2 aliphatic heterocycles. The average molecular weight is 286 g/mol. The summed E-state index contributed by atoms with van der Waals surface area (Å²) in [5, 5.41) is 20.8. The lowest BCUT2D eigenvalue weighted by molar-refractivity contribution is -0.0303. The van der Waals surface area contributed by atoms with Gasteiger partial charge in [-0.25, -0.2) is 0 Å². The third-order valence-corrected chi connectivity index (χ3v) is 5.68. The number of aromatic amines is 1. The van der Waals surface area contributed by atoms with Crippen molar-refractivity contribution < 1.29 is 10.2 Å². The molecule has 2 aliphatic rings. The Kier molecular flexibility index (Phi) is 2.81. The first-order valence-electron chi connectivity index (χ1n) is 7.84. The van der Waals surface area contributed by atoms with Crippen molar-refractivity contribution in [1.29, 1.82) is 0 Å². The minimum Gasteiger partial charge on any atom is -0.508 e. The Morgan fingerprint density at radius 1 is 1.38 bits per heavy atom. The van der Waals surface area contributed by atoms with Crippen LogP contribution >= 0.6 is 0 Å². The van der Waals surface area contributed by atoms with Crippen molar-refractivity contribution in [2.24, 2.45) is 5.92 Å². The molecule has 0 bridgehead atoms. The maximum atomic E-state index is 9.86. The van der Waals surface area contributed by atoms with Crippen molar-refractivity contribution >= 4 is 10.9 Å². The van der Waals surface area contributed by atoms with E-state index in [-0.39, 0.29) is 18.1 Å². The predicted molar refractivity (Wildman–Crippen MR) is 82.4 cm³/mol. The van der Waals surface area contributed by atoms with Crippen LogP contribution < -0.4 is 0 Å². The van der Waals surface area contributed by atoms with E-state index in [0.29, 0.717) is 5.75 Å². The van der Waals surface area contributed by atoms with Crippen molar-refractivity contribution in [1.82, 2.24) is 9.88 Å². The second kappa shape index (κ2) is 4.49. The third kappa shape index (κ3) is 1.69. The summed E-state index contributed by atoms with van der Waals surface area (Å²) < 4.78 is 0. The molecule has 2 aromatic rings. The molecule has 3 N–H and O–H groups in total. The minimum atomic E-state index is -0.116. The van der Waals surface area contributed by atoms with Crippen molar-refractivity contribution in [3.05, 3.63) is 29.5 Å². The molecule has 1 saturated heterocycles. The SMILES string of the molecule is CC12c3[nH]c4ccc(O)cc4c3CCN1CCCC2CO. The number of aromatic nitrogens is 1. The van der Waals surface area contributed by atoms with Crippen LogP contribution in [0.25, 0.3) is 10.9 Å². The maximum Gasteiger partial charge on any atom is 0.116 e. The van der Waals surface area contributed by atoms with Gasteiger partial charge in [0.05, 0.1) is 5.54 Å². The van der Waals surface area contributed by atoms with Crippen LogP contribution in [0.2, 0.25) is 0 Å². The highest BCUT2D eigenvalue weighted by molar-refractivity contribution is 5.86. The van der Waals surface area contributed by atoms with E-state index in [2.05, 4.69) is 16.8 Å². The number of phenols is 1. The summed E-state index contributed by atoms with van der Waals surface area (Å²) in [5.41, 5.74) is 3.53. The predicted octanol–water partition coefficient (Wildman–Crippen LogP) is 2.35. The number of hydrogen-bond acceptors (Lipinski definition) is 3. The van der Waals surface area contributed by atoms with Crippen LogP contribution in [0, 0.1) is 5.92 Å². The number of benzene rings is 1. The van der Waals surface area contributed by atoms with Crippen molar-refractivity contribution in [2.45, 2.75) is 31.7 Å². The van der Waals surface area contributed by atoms with E-state index in [4.69, 9.17) is 0 Å². The van der Waals surface area contributed by atoms with Crippen LogP contribution in [0.4, 0.5) is 0 Å². The molecule has 112 valence electrons. The topological polar surface area (TPSA) is 59.5 Å². The van der Waals surface area contributed by atoms with Gasteiger partial charge in [0.2, 0.25) is 0 Å². The first-order chi connectivity index (χ1) is 10.1. The highest BCUT2D eigenvalue weighted by Crippen LogP contribution is 2.47. The van der Waals surface area contributed by atoms with Crippen molar-refractivity contribution in [2.75, 3.05) is 19.7 Å². The summed E-state index contributed by atoms with van der Waals surface area (Å²) in [7, 11) is 0. The molecular formula is C17H22N2O2. The highest BCUT2D eigenvalue weighted by atomic mass is 16.3. The molecular weight excluding hydrogens is 264 g/mol. The molecule has 4 heteroatoms. The molecule has 0 amide bonds. The summed E-state index contributed by atoms with van der Waals surface area (Å²) in [6.45, 7) is 4.63. The van der Waals surface area contributed by atoms with Gasteiger partial charge < -0.3 is 15.2 Å². The number of hydrogen-bond donors (Lipinski definition) is 3. The molecule has 1 aromatic carbocycles. The van der Waals surface area contributed by atoms with Crippen LogP contribution in [0.3, 0.4) is 0 Å². The fourth-order valence-corrected chi connectivity index (χ4v) is 4.45. The van der Waals surface area contributed by atoms with Gasteiger partial charge in [0.15, 0.2) is 0 Å². The molecule has 21 heavy (non-hydrogen) atoms. The lowest BCUT2D eigenvalue weighted by Crippen LogP contribution is -2.57. The van der Waals surface area contributed by atoms with Crippen LogP contribution in [-0.4, -0.2) is 39.8 Å². The number of H-pyrrole nitrogens is 1. The largest absolute Gasteiger partial charge is 0.508 e. The fraction of sp³-hybridized carbons (Fsp3) is 0.529. The number of aromatic hydroxyl groups is 1. The lowest BCUT2D eigenvalue weighted by atomic mass is 9.72. The van der Waals surface area contributed by atoms with Gasteiger partial charge in [-0.15, -0.1) is 0 Å². The van der Waals surface area contributed by atoms with Gasteiger partial charge in [-0.05, 0) is 56.5 Å². The van der Waals surface area contributed by atoms with E-state index in [1.165, 1.54) is 11.3 Å². The Labute approximate surface area is 124 Å². The number of rotatable bonds is 1. The number of piperidine rings is 1. The molecule has 3 heterocycles. The van der Waals surface area contributed by atoms with Gasteiger partial charge in [0.1, 0.15) is 5.75 Å². The monoisotopic (exact) mass is 286 g/mol. The summed E-state index contributed by atoms with van der Waals surface area (Å²) in [5.74, 6) is 0.589. The summed E-state index contributed by atoms with van der Waals surface area (Å²) in [4.78, 5) is 6.11. The Morgan fingerprint density at radius 2 is 2.24 bits per heavy atom. The van der Waals surface area contributed by atoms with Gasteiger partial charge in [0, 0.05) is 35.7 Å². The smallest absolute Gasteiger partial charge is 0.116 e. The van der Waals surface area contributed by atoms with E-state index >= 15 is 0 Å². The summed E-state index contributed by atoms with van der Waals surface area (Å²) in [6, 6.07) is 5.54. The van der Waals surface area contributed by atoms with Crippen molar-refractivity contribution in [3.63, 3.8) is 0 Å². The number of nitrogens with one attached hydrogen (secondary N) is 1. The average Bonchev–Trinajstić information content (AvgIpc) is 2.85. The van der Waals surface area contributed by atoms with Gasteiger partial charge in [-0.3, -0.25) is 4.90 Å². The molecule has 0 radical (unpaired) electrons. The Morgan fingerprint density at radius 3 is 3.05 bits per heavy atom. The summed E-state index contributed by atoms with van der Waals surface area (Å²) >= 11 is 0. The second-order valence-electron chi connectivity index (χ2n) is 6.61. The summed E-state index contributed by atoms with van der Waals surface area (Å²) in [6.07, 6.45) is 3.24. The Bertz CT molecular complexity index is 693. The maximum absolute atomic E-state index is 9.86. The van der Waals surface area contributed by atoms with E-state index < -0.39 is 0 Å². The van der Waals surface area contributed by atoms with E-state index in [1.807, 2.05) is 12.1 Å². The molecule has 2 unspecified atom stereocenters. The van der Waals surface area contributed by atoms with Gasteiger partial charge >= 0.3 is 0 Å². The molecule has 1 fully saturated rings. The number of nitrogens with zero attached hydrogens (tertiary/aromatic N) is 1. The van der Waals surface area contributed by atoms with E-state index in [0.717, 1.165) is 43.3 Å². The van der Waals surface area contributed by atoms with Crippen LogP contribution in [0.15, 0.2) is 18.2 Å². The van der Waals surface area contributed by atoms with Gasteiger partial charge in [0.25, 0.3) is 0 Å².